The van der Waals surface area contributed by atoms with E-state index in [1.165, 1.54) is 18.2 Å². The van der Waals surface area contributed by atoms with E-state index >= 15 is 0 Å². The van der Waals surface area contributed by atoms with Crippen molar-refractivity contribution in [3.8, 4) is 10.9 Å². The lowest BCUT2D eigenvalue weighted by Gasteiger charge is -2.02. The van der Waals surface area contributed by atoms with Gasteiger partial charge in [-0.25, -0.2) is 4.39 Å². The Morgan fingerprint density at radius 3 is 2.88 bits per heavy atom. The molecule has 2 aromatic rings. The van der Waals surface area contributed by atoms with Crippen LogP contribution < -0.4 is 4.74 Å². The molecule has 0 bridgehead atoms. The predicted octanol–water partition coefficient (Wildman–Crippen LogP) is 2.72. The molecule has 84 valence electrons. The number of halogens is 2. The monoisotopic (exact) mass is 304 g/mol. The summed E-state index contributed by atoms with van der Waals surface area (Å²) in [4.78, 5) is 0. The lowest BCUT2D eigenvalue weighted by molar-refractivity contribution is 0.280. The van der Waals surface area contributed by atoms with Gasteiger partial charge in [0.1, 0.15) is 16.6 Å². The molecule has 0 aliphatic carbocycles. The van der Waals surface area contributed by atoms with Crippen LogP contribution >= 0.6 is 27.3 Å². The zero-order chi connectivity index (χ0) is 11.5. The van der Waals surface area contributed by atoms with Gasteiger partial charge in [-0.1, -0.05) is 16.4 Å². The first-order chi connectivity index (χ1) is 7.69. The SMILES string of the molecule is OCc1nnc(Oc2ccc(F)cc2Br)s1. The molecule has 1 aromatic carbocycles. The third-order valence-corrected chi connectivity index (χ3v) is 3.08. The van der Waals surface area contributed by atoms with Crippen LogP contribution in [0.5, 0.6) is 10.9 Å². The summed E-state index contributed by atoms with van der Waals surface area (Å²) in [6.07, 6.45) is 0. The Balaban J connectivity index is 2.20. The topological polar surface area (TPSA) is 55.2 Å². The fraction of sp³-hybridized carbons (Fsp3) is 0.111. The van der Waals surface area contributed by atoms with Crippen molar-refractivity contribution in [2.45, 2.75) is 6.61 Å². The first-order valence-corrected chi connectivity index (χ1v) is 5.86. The van der Waals surface area contributed by atoms with E-state index in [2.05, 4.69) is 26.1 Å². The summed E-state index contributed by atoms with van der Waals surface area (Å²) in [6.45, 7) is -0.175. The number of aromatic nitrogens is 2. The predicted molar refractivity (Wildman–Crippen MR) is 60.0 cm³/mol. The van der Waals surface area contributed by atoms with Crippen molar-refractivity contribution in [2.24, 2.45) is 0 Å². The van der Waals surface area contributed by atoms with Crippen LogP contribution in [-0.4, -0.2) is 15.3 Å². The molecule has 1 heterocycles. The van der Waals surface area contributed by atoms with Crippen molar-refractivity contribution in [3.05, 3.63) is 33.5 Å². The molecule has 0 radical (unpaired) electrons. The number of benzene rings is 1. The van der Waals surface area contributed by atoms with Gasteiger partial charge in [-0.05, 0) is 34.1 Å². The van der Waals surface area contributed by atoms with Crippen molar-refractivity contribution in [1.29, 1.82) is 0 Å². The van der Waals surface area contributed by atoms with Crippen molar-refractivity contribution in [1.82, 2.24) is 10.2 Å². The second kappa shape index (κ2) is 4.86. The van der Waals surface area contributed by atoms with Gasteiger partial charge in [0.2, 0.25) is 0 Å². The molecule has 4 nitrogen and oxygen atoms in total. The van der Waals surface area contributed by atoms with Crippen molar-refractivity contribution in [3.63, 3.8) is 0 Å². The van der Waals surface area contributed by atoms with E-state index < -0.39 is 0 Å². The lowest BCUT2D eigenvalue weighted by atomic mass is 10.3. The van der Waals surface area contributed by atoms with Crippen LogP contribution in [0.1, 0.15) is 5.01 Å². The van der Waals surface area contributed by atoms with Crippen LogP contribution in [0.15, 0.2) is 22.7 Å². The molecule has 0 spiro atoms. The first kappa shape index (κ1) is 11.4. The fourth-order valence-electron chi connectivity index (χ4n) is 0.995. The van der Waals surface area contributed by atoms with E-state index in [1.54, 1.807) is 0 Å². The standard InChI is InChI=1S/C9H6BrFN2O2S/c10-6-3-5(11)1-2-7(6)15-9-13-12-8(4-14)16-9/h1-3,14H,4H2. The van der Waals surface area contributed by atoms with Crippen LogP contribution in [0.4, 0.5) is 4.39 Å². The molecule has 0 aliphatic heterocycles. The molecule has 0 saturated heterocycles. The molecule has 1 N–H and O–H groups in total. The third kappa shape index (κ3) is 2.55. The second-order valence-corrected chi connectivity index (χ2v) is 4.68. The summed E-state index contributed by atoms with van der Waals surface area (Å²) >= 11 is 4.30. The Labute approximate surface area is 103 Å². The Morgan fingerprint density at radius 2 is 2.25 bits per heavy atom. The van der Waals surface area contributed by atoms with Crippen LogP contribution in [0.2, 0.25) is 0 Å². The maximum Gasteiger partial charge on any atom is 0.299 e. The second-order valence-electron chi connectivity index (χ2n) is 2.80. The van der Waals surface area contributed by atoms with Crippen LogP contribution in [-0.2, 0) is 6.61 Å². The quantitative estimate of drug-likeness (QED) is 0.947. The third-order valence-electron chi connectivity index (χ3n) is 1.67. The van der Waals surface area contributed by atoms with E-state index in [0.29, 0.717) is 20.4 Å². The normalized spacial score (nSPS) is 10.4. The van der Waals surface area contributed by atoms with Gasteiger partial charge in [0.15, 0.2) is 0 Å². The minimum Gasteiger partial charge on any atom is -0.429 e. The number of nitrogens with zero attached hydrogens (tertiary/aromatic N) is 2. The Morgan fingerprint density at radius 1 is 1.44 bits per heavy atom. The molecule has 0 unspecified atom stereocenters. The minimum atomic E-state index is -0.354. The zero-order valence-electron chi connectivity index (χ0n) is 7.85. The molecular weight excluding hydrogens is 299 g/mol. The van der Waals surface area contributed by atoms with Crippen molar-refractivity contribution >= 4 is 27.3 Å². The van der Waals surface area contributed by atoms with Gasteiger partial charge in [0, 0.05) is 0 Å². The van der Waals surface area contributed by atoms with E-state index in [4.69, 9.17) is 9.84 Å². The molecule has 1 aromatic heterocycles. The number of aliphatic hydroxyl groups excluding tert-OH is 1. The first-order valence-electron chi connectivity index (χ1n) is 4.25. The average molecular weight is 305 g/mol. The van der Waals surface area contributed by atoms with Gasteiger partial charge in [-0.15, -0.1) is 5.10 Å². The summed E-state index contributed by atoms with van der Waals surface area (Å²) in [6, 6.07) is 4.07. The summed E-state index contributed by atoms with van der Waals surface area (Å²) in [5.41, 5.74) is 0. The number of ether oxygens (including phenoxy) is 1. The van der Waals surface area contributed by atoms with Crippen LogP contribution in [0.3, 0.4) is 0 Å². The highest BCUT2D eigenvalue weighted by Gasteiger charge is 2.08. The maximum atomic E-state index is 12.8. The zero-order valence-corrected chi connectivity index (χ0v) is 10.3. The maximum absolute atomic E-state index is 12.8. The largest absolute Gasteiger partial charge is 0.429 e. The number of rotatable bonds is 3. The summed E-state index contributed by atoms with van der Waals surface area (Å²) in [7, 11) is 0. The van der Waals surface area contributed by atoms with Gasteiger partial charge >= 0.3 is 0 Å². The Hall–Kier alpha value is -1.05. The van der Waals surface area contributed by atoms with Crippen LogP contribution in [0.25, 0.3) is 0 Å². The molecular formula is C9H6BrFN2O2S. The highest BCUT2D eigenvalue weighted by molar-refractivity contribution is 9.10. The molecule has 2 rings (SSSR count). The molecule has 0 atom stereocenters. The Kier molecular flexibility index (Phi) is 3.47. The molecule has 0 saturated carbocycles. The lowest BCUT2D eigenvalue weighted by Crippen LogP contribution is -1.85. The molecule has 0 amide bonds. The van der Waals surface area contributed by atoms with E-state index in [0.717, 1.165) is 11.3 Å². The van der Waals surface area contributed by atoms with Gasteiger partial charge in [-0.2, -0.15) is 0 Å². The highest BCUT2D eigenvalue weighted by atomic mass is 79.9. The minimum absolute atomic E-state index is 0.175. The average Bonchev–Trinajstić information content (AvgIpc) is 2.70. The van der Waals surface area contributed by atoms with Gasteiger partial charge in [-0.3, -0.25) is 0 Å². The summed E-state index contributed by atoms with van der Waals surface area (Å²) in [5.74, 6) is 0.0922. The number of hydrogen-bond donors (Lipinski definition) is 1. The van der Waals surface area contributed by atoms with Gasteiger partial charge in [0.05, 0.1) is 11.1 Å². The Bertz CT molecular complexity index is 506. The fourth-order valence-corrected chi connectivity index (χ4v) is 1.99. The van der Waals surface area contributed by atoms with Crippen molar-refractivity contribution in [2.75, 3.05) is 0 Å². The van der Waals surface area contributed by atoms with E-state index in [1.807, 2.05) is 0 Å². The smallest absolute Gasteiger partial charge is 0.299 e. The highest BCUT2D eigenvalue weighted by Crippen LogP contribution is 2.31. The van der Waals surface area contributed by atoms with Crippen molar-refractivity contribution < 1.29 is 14.2 Å². The summed E-state index contributed by atoms with van der Waals surface area (Å²) < 4.78 is 18.7. The molecule has 0 aliphatic rings. The van der Waals surface area contributed by atoms with Crippen LogP contribution in [0, 0.1) is 5.82 Å². The van der Waals surface area contributed by atoms with E-state index in [9.17, 15) is 4.39 Å². The van der Waals surface area contributed by atoms with E-state index in [-0.39, 0.29) is 12.4 Å². The number of aliphatic hydroxyl groups is 1. The molecule has 0 fully saturated rings. The molecule has 7 heteroatoms. The van der Waals surface area contributed by atoms with Gasteiger partial charge < -0.3 is 9.84 Å². The summed E-state index contributed by atoms with van der Waals surface area (Å²) in [5, 5.41) is 17.0. The molecule has 16 heavy (non-hydrogen) atoms. The number of hydrogen-bond acceptors (Lipinski definition) is 5. The van der Waals surface area contributed by atoms with Gasteiger partial charge in [0.25, 0.3) is 5.19 Å².